The molecule has 0 aliphatic heterocycles. The van der Waals surface area contributed by atoms with Gasteiger partial charge in [0.2, 0.25) is 5.91 Å². The Morgan fingerprint density at radius 1 is 1.00 bits per heavy atom. The summed E-state index contributed by atoms with van der Waals surface area (Å²) in [4.78, 5) is 36.2. The van der Waals surface area contributed by atoms with Crippen molar-refractivity contribution in [3.05, 3.63) is 59.7 Å². The summed E-state index contributed by atoms with van der Waals surface area (Å²) in [7, 11) is 0. The molecular weight excluding hydrogens is 432 g/mol. The van der Waals surface area contributed by atoms with Gasteiger partial charge in [0.1, 0.15) is 12.6 Å². The van der Waals surface area contributed by atoms with Crippen LogP contribution in [-0.4, -0.2) is 42.3 Å². The second kappa shape index (κ2) is 11.7. The second-order valence-electron chi connectivity index (χ2n) is 9.16. The Morgan fingerprint density at radius 3 is 2.12 bits per heavy atom. The number of hydrogen-bond acceptors (Lipinski definition) is 4. The Balaban J connectivity index is 1.53. The van der Waals surface area contributed by atoms with Gasteiger partial charge in [0, 0.05) is 18.9 Å². The number of carbonyl (C=O) groups is 3. The SMILES string of the molecule is CCC[C@@H](NC(=O)CC(CNC(=O)OCC1c2ccccc2-c2ccccc21)C(C)C)C(=O)O. The number of aliphatic carboxylic acids is 1. The summed E-state index contributed by atoms with van der Waals surface area (Å²) in [5, 5.41) is 14.6. The molecule has 1 unspecified atom stereocenters. The molecule has 3 N–H and O–H groups in total. The molecule has 0 heterocycles. The molecule has 1 aliphatic rings. The maximum absolute atomic E-state index is 12.5. The summed E-state index contributed by atoms with van der Waals surface area (Å²) in [6, 6.07) is 15.4. The van der Waals surface area contributed by atoms with Gasteiger partial charge in [0.25, 0.3) is 0 Å². The maximum Gasteiger partial charge on any atom is 0.407 e. The summed E-state index contributed by atoms with van der Waals surface area (Å²) in [5.41, 5.74) is 4.63. The molecule has 0 saturated heterocycles. The average molecular weight is 467 g/mol. The lowest BCUT2D eigenvalue weighted by atomic mass is 9.92. The first-order valence-electron chi connectivity index (χ1n) is 11.9. The molecule has 2 amide bonds. The lowest BCUT2D eigenvalue weighted by Gasteiger charge is -2.22. The Bertz CT molecular complexity index is 974. The normalized spacial score (nSPS) is 14.1. The Morgan fingerprint density at radius 2 is 1.59 bits per heavy atom. The molecule has 0 radical (unpaired) electrons. The Hall–Kier alpha value is -3.35. The van der Waals surface area contributed by atoms with Crippen LogP contribution in [0.25, 0.3) is 11.1 Å². The third-order valence-electron chi connectivity index (χ3n) is 6.45. The van der Waals surface area contributed by atoms with Crippen molar-refractivity contribution in [3.63, 3.8) is 0 Å². The quantitative estimate of drug-likeness (QED) is 0.450. The van der Waals surface area contributed by atoms with Crippen LogP contribution in [-0.2, 0) is 14.3 Å². The standard InChI is InChI=1S/C27H34N2O5/c1-4-9-24(26(31)32)29-25(30)14-18(17(2)3)15-28-27(33)34-16-23-21-12-7-5-10-19(21)20-11-6-8-13-22(20)23/h5-8,10-13,17-18,23-24H,4,9,14-16H2,1-3H3,(H,28,33)(H,29,30)(H,31,32)/t18?,24-/m1/s1. The molecule has 34 heavy (non-hydrogen) atoms. The highest BCUT2D eigenvalue weighted by Gasteiger charge is 2.29. The van der Waals surface area contributed by atoms with Crippen molar-refractivity contribution in [2.45, 2.75) is 52.0 Å². The predicted octanol–water partition coefficient (Wildman–Crippen LogP) is 4.56. The molecule has 182 valence electrons. The Labute approximate surface area is 200 Å². The number of rotatable bonds is 11. The minimum atomic E-state index is -1.03. The van der Waals surface area contributed by atoms with Crippen LogP contribution in [0.2, 0.25) is 0 Å². The third kappa shape index (κ3) is 6.16. The number of carboxylic acid groups (broad SMARTS) is 1. The van der Waals surface area contributed by atoms with Crippen LogP contribution in [0.3, 0.4) is 0 Å². The highest BCUT2D eigenvalue weighted by molar-refractivity contribution is 5.83. The number of fused-ring (bicyclic) bond motifs is 3. The van der Waals surface area contributed by atoms with Crippen LogP contribution in [0, 0.1) is 11.8 Å². The van der Waals surface area contributed by atoms with Gasteiger partial charge in [-0.15, -0.1) is 0 Å². The van der Waals surface area contributed by atoms with Crippen molar-refractivity contribution >= 4 is 18.0 Å². The van der Waals surface area contributed by atoms with Crippen molar-refractivity contribution < 1.29 is 24.2 Å². The predicted molar refractivity (Wildman–Crippen MR) is 130 cm³/mol. The van der Waals surface area contributed by atoms with Crippen molar-refractivity contribution in [1.82, 2.24) is 10.6 Å². The number of carbonyl (C=O) groups excluding carboxylic acids is 2. The van der Waals surface area contributed by atoms with Gasteiger partial charge in [-0.1, -0.05) is 75.7 Å². The van der Waals surface area contributed by atoms with Gasteiger partial charge in [-0.3, -0.25) is 4.79 Å². The van der Waals surface area contributed by atoms with E-state index in [0.717, 1.165) is 11.1 Å². The van der Waals surface area contributed by atoms with E-state index in [2.05, 4.69) is 34.9 Å². The highest BCUT2D eigenvalue weighted by atomic mass is 16.5. The molecule has 0 saturated carbocycles. The average Bonchev–Trinajstić information content (AvgIpc) is 3.13. The van der Waals surface area contributed by atoms with Gasteiger partial charge in [0.05, 0.1) is 0 Å². The molecular formula is C27H34N2O5. The molecule has 7 heteroatoms. The van der Waals surface area contributed by atoms with E-state index in [9.17, 15) is 19.5 Å². The first-order chi connectivity index (χ1) is 16.3. The van der Waals surface area contributed by atoms with E-state index < -0.39 is 18.1 Å². The minimum Gasteiger partial charge on any atom is -0.480 e. The highest BCUT2D eigenvalue weighted by Crippen LogP contribution is 2.44. The number of carboxylic acids is 1. The summed E-state index contributed by atoms with van der Waals surface area (Å²) in [6.45, 7) is 6.31. The number of hydrogen-bond donors (Lipinski definition) is 3. The van der Waals surface area contributed by atoms with E-state index in [4.69, 9.17) is 4.74 Å². The lowest BCUT2D eigenvalue weighted by Crippen LogP contribution is -2.42. The minimum absolute atomic E-state index is 0.0173. The molecule has 0 aromatic heterocycles. The van der Waals surface area contributed by atoms with E-state index in [1.165, 1.54) is 11.1 Å². The van der Waals surface area contributed by atoms with Crippen molar-refractivity contribution in [3.8, 4) is 11.1 Å². The summed E-state index contributed by atoms with van der Waals surface area (Å²) in [5.74, 6) is -1.40. The van der Waals surface area contributed by atoms with E-state index >= 15 is 0 Å². The molecule has 0 bridgehead atoms. The van der Waals surface area contributed by atoms with Gasteiger partial charge in [-0.25, -0.2) is 9.59 Å². The molecule has 2 aromatic carbocycles. The van der Waals surface area contributed by atoms with Crippen molar-refractivity contribution in [1.29, 1.82) is 0 Å². The van der Waals surface area contributed by atoms with E-state index in [-0.39, 0.29) is 43.2 Å². The van der Waals surface area contributed by atoms with Crippen LogP contribution in [0.1, 0.15) is 57.1 Å². The number of amides is 2. The van der Waals surface area contributed by atoms with Gasteiger partial charge in [-0.2, -0.15) is 0 Å². The van der Waals surface area contributed by atoms with Crippen molar-refractivity contribution in [2.75, 3.05) is 13.2 Å². The fourth-order valence-electron chi connectivity index (χ4n) is 4.44. The van der Waals surface area contributed by atoms with Gasteiger partial charge >= 0.3 is 12.1 Å². The summed E-state index contributed by atoms with van der Waals surface area (Å²) < 4.78 is 5.57. The van der Waals surface area contributed by atoms with Gasteiger partial charge in [0.15, 0.2) is 0 Å². The monoisotopic (exact) mass is 466 g/mol. The van der Waals surface area contributed by atoms with Crippen LogP contribution >= 0.6 is 0 Å². The number of benzene rings is 2. The zero-order chi connectivity index (χ0) is 24.7. The topological polar surface area (TPSA) is 105 Å². The van der Waals surface area contributed by atoms with Crippen molar-refractivity contribution in [2.24, 2.45) is 11.8 Å². The van der Waals surface area contributed by atoms with Crippen LogP contribution in [0.4, 0.5) is 4.79 Å². The van der Waals surface area contributed by atoms with Gasteiger partial charge in [-0.05, 0) is 40.5 Å². The number of nitrogens with one attached hydrogen (secondary N) is 2. The van der Waals surface area contributed by atoms with E-state index in [1.54, 1.807) is 0 Å². The number of ether oxygens (including phenoxy) is 1. The summed E-state index contributed by atoms with van der Waals surface area (Å²) in [6.07, 6.45) is 0.649. The molecule has 2 aromatic rings. The van der Waals surface area contributed by atoms with Crippen LogP contribution in [0.15, 0.2) is 48.5 Å². The molecule has 3 rings (SSSR count). The Kier molecular flexibility index (Phi) is 8.68. The first kappa shape index (κ1) is 25.3. The van der Waals surface area contributed by atoms with Gasteiger partial charge < -0.3 is 20.5 Å². The number of alkyl carbamates (subject to hydrolysis) is 1. The smallest absolute Gasteiger partial charge is 0.407 e. The zero-order valence-electron chi connectivity index (χ0n) is 20.0. The maximum atomic E-state index is 12.5. The second-order valence-corrected chi connectivity index (χ2v) is 9.16. The summed E-state index contributed by atoms with van der Waals surface area (Å²) >= 11 is 0. The van der Waals surface area contributed by atoms with Crippen LogP contribution < -0.4 is 10.6 Å². The van der Waals surface area contributed by atoms with E-state index in [1.807, 2.05) is 45.0 Å². The third-order valence-corrected chi connectivity index (χ3v) is 6.45. The molecule has 0 fully saturated rings. The largest absolute Gasteiger partial charge is 0.480 e. The van der Waals surface area contributed by atoms with E-state index in [0.29, 0.717) is 12.8 Å². The fraction of sp³-hybridized carbons (Fsp3) is 0.444. The molecule has 2 atom stereocenters. The molecule has 0 spiro atoms. The molecule has 1 aliphatic carbocycles. The first-order valence-corrected chi connectivity index (χ1v) is 11.9. The zero-order valence-corrected chi connectivity index (χ0v) is 20.0. The lowest BCUT2D eigenvalue weighted by molar-refractivity contribution is -0.142. The fourth-order valence-corrected chi connectivity index (χ4v) is 4.44. The van der Waals surface area contributed by atoms with Crippen LogP contribution in [0.5, 0.6) is 0 Å². The molecule has 7 nitrogen and oxygen atoms in total.